The summed E-state index contributed by atoms with van der Waals surface area (Å²) in [5, 5.41) is 0. The minimum atomic E-state index is 0.278. The van der Waals surface area contributed by atoms with Gasteiger partial charge in [-0.25, -0.2) is 4.98 Å². The Morgan fingerprint density at radius 1 is 1.05 bits per heavy atom. The first-order chi connectivity index (χ1) is 9.31. The predicted molar refractivity (Wildman–Crippen MR) is 71.6 cm³/mol. The summed E-state index contributed by atoms with van der Waals surface area (Å²) in [6.45, 7) is 0.278. The average molecular weight is 253 g/mol. The van der Waals surface area contributed by atoms with E-state index in [0.29, 0.717) is 5.69 Å². The summed E-state index contributed by atoms with van der Waals surface area (Å²) in [5.74, 6) is 1.53. The number of fused-ring (bicyclic) bond motifs is 2. The zero-order valence-electron chi connectivity index (χ0n) is 10.0. The minimum Gasteiger partial charge on any atom is -0.454 e. The Bertz CT molecular complexity index is 779. The molecule has 0 unspecified atom stereocenters. The average Bonchev–Trinajstić information content (AvgIpc) is 3.02. The van der Waals surface area contributed by atoms with Crippen LogP contribution in [0.2, 0.25) is 0 Å². The standard InChI is InChI=1S/C14H11N3O2/c15-9-1-3-12-11(5-9)16-7-17(12)10-2-4-13-14(6-10)19-8-18-13/h1-7H,8,15H2. The largest absolute Gasteiger partial charge is 0.454 e. The molecular weight excluding hydrogens is 242 g/mol. The van der Waals surface area contributed by atoms with Gasteiger partial charge in [0.2, 0.25) is 6.79 Å². The smallest absolute Gasteiger partial charge is 0.231 e. The van der Waals surface area contributed by atoms with Crippen molar-refractivity contribution in [1.82, 2.24) is 9.55 Å². The molecule has 2 heterocycles. The number of imidazole rings is 1. The third-order valence-electron chi connectivity index (χ3n) is 3.21. The molecule has 0 saturated carbocycles. The van der Waals surface area contributed by atoms with E-state index in [1.807, 2.05) is 41.0 Å². The molecule has 3 aromatic rings. The number of benzene rings is 2. The molecule has 1 aliphatic heterocycles. The summed E-state index contributed by atoms with van der Waals surface area (Å²) in [7, 11) is 0. The quantitative estimate of drug-likeness (QED) is 0.676. The Morgan fingerprint density at radius 2 is 1.95 bits per heavy atom. The van der Waals surface area contributed by atoms with Crippen molar-refractivity contribution in [2.24, 2.45) is 0 Å². The molecule has 19 heavy (non-hydrogen) atoms. The van der Waals surface area contributed by atoms with Crippen LogP contribution < -0.4 is 15.2 Å². The zero-order chi connectivity index (χ0) is 12.8. The summed E-state index contributed by atoms with van der Waals surface area (Å²) in [6, 6.07) is 11.5. The molecule has 5 heteroatoms. The summed E-state index contributed by atoms with van der Waals surface area (Å²) in [5.41, 5.74) is 9.33. The fourth-order valence-corrected chi connectivity index (χ4v) is 2.27. The van der Waals surface area contributed by atoms with E-state index in [2.05, 4.69) is 4.98 Å². The van der Waals surface area contributed by atoms with Gasteiger partial charge < -0.3 is 15.2 Å². The van der Waals surface area contributed by atoms with Crippen LogP contribution in [0.25, 0.3) is 16.7 Å². The number of anilines is 1. The van der Waals surface area contributed by atoms with Gasteiger partial charge >= 0.3 is 0 Å². The van der Waals surface area contributed by atoms with Gasteiger partial charge in [-0.1, -0.05) is 0 Å². The van der Waals surface area contributed by atoms with Crippen molar-refractivity contribution < 1.29 is 9.47 Å². The number of rotatable bonds is 1. The maximum Gasteiger partial charge on any atom is 0.231 e. The second-order valence-corrected chi connectivity index (χ2v) is 4.40. The number of hydrogen-bond acceptors (Lipinski definition) is 4. The van der Waals surface area contributed by atoms with Gasteiger partial charge in [0.15, 0.2) is 11.5 Å². The lowest BCUT2D eigenvalue weighted by Crippen LogP contribution is -1.93. The second kappa shape index (κ2) is 3.65. The third kappa shape index (κ3) is 1.52. The first kappa shape index (κ1) is 10.3. The number of aromatic nitrogens is 2. The van der Waals surface area contributed by atoms with Crippen molar-refractivity contribution in [2.45, 2.75) is 0 Å². The molecule has 94 valence electrons. The number of hydrogen-bond donors (Lipinski definition) is 1. The molecule has 0 bridgehead atoms. The van der Waals surface area contributed by atoms with Crippen LogP contribution in [0.3, 0.4) is 0 Å². The molecule has 4 rings (SSSR count). The third-order valence-corrected chi connectivity index (χ3v) is 3.21. The van der Waals surface area contributed by atoms with Gasteiger partial charge in [0.25, 0.3) is 0 Å². The first-order valence-electron chi connectivity index (χ1n) is 5.94. The molecule has 0 atom stereocenters. The molecule has 2 aromatic carbocycles. The van der Waals surface area contributed by atoms with Crippen LogP contribution in [-0.2, 0) is 0 Å². The number of nitrogens with zero attached hydrogens (tertiary/aromatic N) is 2. The zero-order valence-corrected chi connectivity index (χ0v) is 10.0. The lowest BCUT2D eigenvalue weighted by atomic mass is 10.2. The normalized spacial score (nSPS) is 13.1. The van der Waals surface area contributed by atoms with E-state index in [9.17, 15) is 0 Å². The Kier molecular flexibility index (Phi) is 1.97. The summed E-state index contributed by atoms with van der Waals surface area (Å²) in [4.78, 5) is 4.36. The summed E-state index contributed by atoms with van der Waals surface area (Å²) < 4.78 is 12.7. The Hall–Kier alpha value is -2.69. The van der Waals surface area contributed by atoms with Crippen LogP contribution in [-0.4, -0.2) is 16.3 Å². The molecule has 0 radical (unpaired) electrons. The van der Waals surface area contributed by atoms with E-state index >= 15 is 0 Å². The highest BCUT2D eigenvalue weighted by atomic mass is 16.7. The molecule has 0 aliphatic carbocycles. The monoisotopic (exact) mass is 253 g/mol. The Morgan fingerprint density at radius 3 is 2.89 bits per heavy atom. The van der Waals surface area contributed by atoms with Crippen molar-refractivity contribution in [2.75, 3.05) is 12.5 Å². The number of nitrogen functional groups attached to an aromatic ring is 1. The van der Waals surface area contributed by atoms with Gasteiger partial charge in [0, 0.05) is 11.8 Å². The highest BCUT2D eigenvalue weighted by Crippen LogP contribution is 2.34. The molecule has 0 spiro atoms. The van der Waals surface area contributed by atoms with Crippen LogP contribution in [0, 0.1) is 0 Å². The van der Waals surface area contributed by atoms with Gasteiger partial charge in [0.05, 0.1) is 16.7 Å². The van der Waals surface area contributed by atoms with E-state index < -0.39 is 0 Å². The SMILES string of the molecule is Nc1ccc2c(c1)ncn2-c1ccc2c(c1)OCO2. The highest BCUT2D eigenvalue weighted by Gasteiger charge is 2.14. The molecule has 5 nitrogen and oxygen atoms in total. The summed E-state index contributed by atoms with van der Waals surface area (Å²) >= 11 is 0. The topological polar surface area (TPSA) is 62.3 Å². The Labute approximate surface area is 109 Å². The Balaban J connectivity index is 1.90. The number of ether oxygens (including phenoxy) is 2. The number of nitrogens with two attached hydrogens (primary N) is 1. The van der Waals surface area contributed by atoms with Crippen LogP contribution >= 0.6 is 0 Å². The van der Waals surface area contributed by atoms with E-state index in [1.165, 1.54) is 0 Å². The lowest BCUT2D eigenvalue weighted by Gasteiger charge is -2.05. The molecule has 0 fully saturated rings. The minimum absolute atomic E-state index is 0.278. The van der Waals surface area contributed by atoms with Crippen molar-refractivity contribution >= 4 is 16.7 Å². The van der Waals surface area contributed by atoms with Crippen LogP contribution in [0.4, 0.5) is 5.69 Å². The van der Waals surface area contributed by atoms with Gasteiger partial charge in [-0.05, 0) is 30.3 Å². The molecule has 2 N–H and O–H groups in total. The van der Waals surface area contributed by atoms with E-state index in [4.69, 9.17) is 15.2 Å². The molecule has 1 aromatic heterocycles. The van der Waals surface area contributed by atoms with Crippen molar-refractivity contribution in [3.8, 4) is 17.2 Å². The molecule has 1 aliphatic rings. The van der Waals surface area contributed by atoms with E-state index in [1.54, 1.807) is 6.33 Å². The molecule has 0 amide bonds. The van der Waals surface area contributed by atoms with Crippen molar-refractivity contribution in [1.29, 1.82) is 0 Å². The van der Waals surface area contributed by atoms with Crippen LogP contribution in [0.15, 0.2) is 42.7 Å². The lowest BCUT2D eigenvalue weighted by molar-refractivity contribution is 0.174. The molecule has 0 saturated heterocycles. The maximum atomic E-state index is 5.76. The molecular formula is C14H11N3O2. The van der Waals surface area contributed by atoms with E-state index in [-0.39, 0.29) is 6.79 Å². The van der Waals surface area contributed by atoms with Gasteiger partial charge in [-0.15, -0.1) is 0 Å². The van der Waals surface area contributed by atoms with Crippen molar-refractivity contribution in [3.63, 3.8) is 0 Å². The maximum absolute atomic E-state index is 5.76. The van der Waals surface area contributed by atoms with Gasteiger partial charge in [0.1, 0.15) is 6.33 Å². The van der Waals surface area contributed by atoms with E-state index in [0.717, 1.165) is 28.2 Å². The van der Waals surface area contributed by atoms with Gasteiger partial charge in [-0.3, -0.25) is 4.57 Å². The van der Waals surface area contributed by atoms with Crippen molar-refractivity contribution in [3.05, 3.63) is 42.7 Å². The first-order valence-corrected chi connectivity index (χ1v) is 5.94. The predicted octanol–water partition coefficient (Wildman–Crippen LogP) is 2.34. The van der Waals surface area contributed by atoms with Crippen LogP contribution in [0.5, 0.6) is 11.5 Å². The fourth-order valence-electron chi connectivity index (χ4n) is 2.27. The summed E-state index contributed by atoms with van der Waals surface area (Å²) in [6.07, 6.45) is 1.78. The van der Waals surface area contributed by atoms with Crippen LogP contribution in [0.1, 0.15) is 0 Å². The highest BCUT2D eigenvalue weighted by molar-refractivity contribution is 5.80. The fraction of sp³-hybridized carbons (Fsp3) is 0.0714. The van der Waals surface area contributed by atoms with Gasteiger partial charge in [-0.2, -0.15) is 0 Å². The second-order valence-electron chi connectivity index (χ2n) is 4.40.